The van der Waals surface area contributed by atoms with Crippen LogP contribution in [0.1, 0.15) is 12.5 Å². The number of carbonyl (C=O) groups is 2. The van der Waals surface area contributed by atoms with Crippen LogP contribution in [0.5, 0.6) is 11.5 Å². The molecule has 0 atom stereocenters. The lowest BCUT2D eigenvalue weighted by Gasteiger charge is -2.19. The van der Waals surface area contributed by atoms with Crippen molar-refractivity contribution in [1.82, 2.24) is 0 Å². The number of aryl methyl sites for hydroxylation is 1. The minimum atomic E-state index is -1.60. The predicted molar refractivity (Wildman–Crippen MR) is 126 cm³/mol. The molecule has 0 unspecified atom stereocenters. The zero-order valence-electron chi connectivity index (χ0n) is 18.0. The molecular formula is C24H18ClNO8. The van der Waals surface area contributed by atoms with Crippen molar-refractivity contribution in [3.8, 4) is 33.9 Å². The number of nitrogens with one attached hydrogen (secondary N) is 1. The molecule has 1 aliphatic heterocycles. The van der Waals surface area contributed by atoms with Crippen LogP contribution in [-0.2, 0) is 0 Å². The minimum absolute atomic E-state index is 0.0455. The van der Waals surface area contributed by atoms with Crippen molar-refractivity contribution in [3.63, 3.8) is 0 Å². The van der Waals surface area contributed by atoms with Gasteiger partial charge in [-0.05, 0) is 43.7 Å². The maximum atomic E-state index is 12.2. The standard InChI is InChI=1S/C24H18ClNO8/c1-3-26-17-9-20-14(6-11(17)2)22(15-8-16(25)18(27)10-21(15)33-20)13-5-4-12(32-23(28)29)7-19(13)34-24(30)31/h4-10,26H,3H2,1-2H3,(H,28,29)(H,30,31). The molecule has 2 aliphatic rings. The topological polar surface area (TPSA) is 135 Å². The number of benzene rings is 3. The third kappa shape index (κ3) is 4.33. The highest BCUT2D eigenvalue weighted by Gasteiger charge is 2.23. The van der Waals surface area contributed by atoms with E-state index in [0.717, 1.165) is 17.3 Å². The van der Waals surface area contributed by atoms with Crippen LogP contribution in [0.15, 0.2) is 51.7 Å². The Labute approximate surface area is 197 Å². The van der Waals surface area contributed by atoms with Gasteiger partial charge in [0.2, 0.25) is 5.43 Å². The Bertz CT molecular complexity index is 1480. The zero-order chi connectivity index (χ0) is 24.6. The first kappa shape index (κ1) is 22.9. The van der Waals surface area contributed by atoms with Gasteiger partial charge in [0, 0.05) is 52.5 Å². The SMILES string of the molecule is CCNc1cc2oc3cc(=O)c(Cl)cc-3c(-c3ccc(OC(=O)O)cc3OC(=O)O)c2cc1C. The van der Waals surface area contributed by atoms with E-state index in [1.54, 1.807) is 6.07 Å². The quantitative estimate of drug-likeness (QED) is 0.175. The Morgan fingerprint density at radius 3 is 2.44 bits per heavy atom. The number of carboxylic acid groups (broad SMARTS) is 2. The highest BCUT2D eigenvalue weighted by atomic mass is 35.5. The molecule has 10 heteroatoms. The van der Waals surface area contributed by atoms with Crippen molar-refractivity contribution in [3.05, 3.63) is 63.3 Å². The monoisotopic (exact) mass is 483 g/mol. The molecule has 0 saturated heterocycles. The second-order valence-electron chi connectivity index (χ2n) is 7.34. The van der Waals surface area contributed by atoms with E-state index in [1.165, 1.54) is 24.3 Å². The van der Waals surface area contributed by atoms with Crippen molar-refractivity contribution in [1.29, 1.82) is 0 Å². The first-order chi connectivity index (χ1) is 16.2. The van der Waals surface area contributed by atoms with Crippen LogP contribution in [0.25, 0.3) is 33.4 Å². The highest BCUT2D eigenvalue weighted by Crippen LogP contribution is 2.46. The van der Waals surface area contributed by atoms with Crippen molar-refractivity contribution in [2.75, 3.05) is 11.9 Å². The summed E-state index contributed by atoms with van der Waals surface area (Å²) in [5.74, 6) is -0.0710. The van der Waals surface area contributed by atoms with Gasteiger partial charge in [0.25, 0.3) is 0 Å². The Kier molecular flexibility index (Phi) is 6.04. The Balaban J connectivity index is 2.12. The van der Waals surface area contributed by atoms with Gasteiger partial charge in [-0.3, -0.25) is 4.79 Å². The lowest BCUT2D eigenvalue weighted by atomic mass is 9.92. The number of fused-ring (bicyclic) bond motifs is 2. The van der Waals surface area contributed by atoms with Gasteiger partial charge >= 0.3 is 12.3 Å². The van der Waals surface area contributed by atoms with E-state index in [0.29, 0.717) is 34.2 Å². The molecule has 4 rings (SSSR count). The van der Waals surface area contributed by atoms with Crippen LogP contribution >= 0.6 is 11.6 Å². The number of hydrogen-bond acceptors (Lipinski definition) is 7. The molecule has 0 spiro atoms. The first-order valence-corrected chi connectivity index (χ1v) is 10.5. The molecular weight excluding hydrogens is 466 g/mol. The fourth-order valence-electron chi connectivity index (χ4n) is 3.77. The molecule has 0 bridgehead atoms. The molecule has 2 aromatic rings. The maximum absolute atomic E-state index is 12.2. The maximum Gasteiger partial charge on any atom is 0.511 e. The van der Waals surface area contributed by atoms with E-state index >= 15 is 0 Å². The third-order valence-electron chi connectivity index (χ3n) is 5.11. The van der Waals surface area contributed by atoms with E-state index < -0.39 is 17.7 Å². The van der Waals surface area contributed by atoms with Crippen molar-refractivity contribution in [2.45, 2.75) is 13.8 Å². The Morgan fingerprint density at radius 1 is 1.03 bits per heavy atom. The molecule has 0 radical (unpaired) electrons. The summed E-state index contributed by atoms with van der Waals surface area (Å²) in [4.78, 5) is 34.6. The van der Waals surface area contributed by atoms with Crippen molar-refractivity contribution >= 4 is 40.6 Å². The average Bonchev–Trinajstić information content (AvgIpc) is 2.74. The van der Waals surface area contributed by atoms with E-state index in [2.05, 4.69) is 10.1 Å². The Hall–Kier alpha value is -4.24. The molecule has 0 amide bonds. The molecule has 3 N–H and O–H groups in total. The molecule has 9 nitrogen and oxygen atoms in total. The van der Waals surface area contributed by atoms with Gasteiger partial charge in [-0.15, -0.1) is 0 Å². The van der Waals surface area contributed by atoms with Crippen LogP contribution < -0.4 is 20.2 Å². The van der Waals surface area contributed by atoms with Crippen LogP contribution in [0.3, 0.4) is 0 Å². The van der Waals surface area contributed by atoms with Gasteiger partial charge in [-0.25, -0.2) is 9.59 Å². The van der Waals surface area contributed by atoms with E-state index in [9.17, 15) is 19.5 Å². The second-order valence-corrected chi connectivity index (χ2v) is 7.75. The van der Waals surface area contributed by atoms with Crippen LogP contribution in [0.2, 0.25) is 5.02 Å². The van der Waals surface area contributed by atoms with Crippen molar-refractivity contribution < 1.29 is 33.7 Å². The average molecular weight is 484 g/mol. The molecule has 1 aliphatic carbocycles. The second kappa shape index (κ2) is 8.95. The summed E-state index contributed by atoms with van der Waals surface area (Å²) in [5, 5.41) is 22.0. The number of rotatable bonds is 5. The molecule has 0 aromatic heterocycles. The van der Waals surface area contributed by atoms with Gasteiger partial charge in [-0.2, -0.15) is 0 Å². The Morgan fingerprint density at radius 2 is 1.76 bits per heavy atom. The zero-order valence-corrected chi connectivity index (χ0v) is 18.7. The summed E-state index contributed by atoms with van der Waals surface area (Å²) in [6.07, 6.45) is -3.17. The fourth-order valence-corrected chi connectivity index (χ4v) is 3.93. The smallest absolute Gasteiger partial charge is 0.456 e. The van der Waals surface area contributed by atoms with Crippen LogP contribution in [0, 0.1) is 6.92 Å². The fraction of sp³-hybridized carbons (Fsp3) is 0.125. The predicted octanol–water partition coefficient (Wildman–Crippen LogP) is 6.07. The minimum Gasteiger partial charge on any atom is -0.456 e. The lowest BCUT2D eigenvalue weighted by Crippen LogP contribution is -2.07. The first-order valence-electron chi connectivity index (χ1n) is 10.1. The molecule has 0 saturated carbocycles. The summed E-state index contributed by atoms with van der Waals surface area (Å²) < 4.78 is 15.7. The van der Waals surface area contributed by atoms with Gasteiger partial charge < -0.3 is 29.4 Å². The van der Waals surface area contributed by atoms with Gasteiger partial charge in [0.15, 0.2) is 0 Å². The van der Waals surface area contributed by atoms with E-state index in [-0.39, 0.29) is 22.3 Å². The summed E-state index contributed by atoms with van der Waals surface area (Å²) >= 11 is 6.13. The van der Waals surface area contributed by atoms with E-state index in [1.807, 2.05) is 19.9 Å². The normalized spacial score (nSPS) is 10.9. The van der Waals surface area contributed by atoms with Crippen LogP contribution in [-0.4, -0.2) is 29.1 Å². The largest absolute Gasteiger partial charge is 0.511 e. The third-order valence-corrected chi connectivity index (χ3v) is 5.41. The molecule has 174 valence electrons. The summed E-state index contributed by atoms with van der Waals surface area (Å²) in [6, 6.07) is 10.3. The number of anilines is 1. The lowest BCUT2D eigenvalue weighted by molar-refractivity contribution is 0.143. The molecule has 34 heavy (non-hydrogen) atoms. The summed E-state index contributed by atoms with van der Waals surface area (Å²) in [6.45, 7) is 4.53. The number of ether oxygens (including phenoxy) is 2. The van der Waals surface area contributed by atoms with Gasteiger partial charge in [-0.1, -0.05) is 11.6 Å². The number of hydrogen-bond donors (Lipinski definition) is 3. The molecule has 1 heterocycles. The van der Waals surface area contributed by atoms with E-state index in [4.69, 9.17) is 25.9 Å². The van der Waals surface area contributed by atoms with Crippen LogP contribution in [0.4, 0.5) is 15.3 Å². The van der Waals surface area contributed by atoms with Crippen molar-refractivity contribution in [2.24, 2.45) is 0 Å². The molecule has 2 aromatic carbocycles. The number of halogens is 1. The van der Waals surface area contributed by atoms with Gasteiger partial charge in [0.1, 0.15) is 22.8 Å². The molecule has 0 fully saturated rings. The summed E-state index contributed by atoms with van der Waals surface area (Å²) in [5.41, 5.74) is 2.94. The van der Waals surface area contributed by atoms with Gasteiger partial charge in [0.05, 0.1) is 5.02 Å². The highest BCUT2D eigenvalue weighted by molar-refractivity contribution is 6.31. The summed E-state index contributed by atoms with van der Waals surface area (Å²) in [7, 11) is 0.